The summed E-state index contributed by atoms with van der Waals surface area (Å²) in [6, 6.07) is 4.05. The van der Waals surface area contributed by atoms with E-state index in [0.29, 0.717) is 0 Å². The summed E-state index contributed by atoms with van der Waals surface area (Å²) in [5.41, 5.74) is 1.11. The second kappa shape index (κ2) is 5.85. The second-order valence-corrected chi connectivity index (χ2v) is 6.65. The molecule has 0 saturated carbocycles. The van der Waals surface area contributed by atoms with Crippen molar-refractivity contribution < 1.29 is 0 Å². The molecule has 0 aromatic carbocycles. The van der Waals surface area contributed by atoms with Crippen LogP contribution in [0.3, 0.4) is 0 Å². The number of thioether (sulfide) groups is 1. The number of thiazole rings is 1. The quantitative estimate of drug-likeness (QED) is 0.728. The van der Waals surface area contributed by atoms with Crippen molar-refractivity contribution in [2.24, 2.45) is 0 Å². The number of aryl methyl sites for hydroxylation is 1. The number of hydrogen-bond acceptors (Lipinski definition) is 6. The smallest absolute Gasteiger partial charge is 0.209 e. The van der Waals surface area contributed by atoms with Crippen molar-refractivity contribution in [3.05, 3.63) is 33.6 Å². The highest BCUT2D eigenvalue weighted by atomic mass is 32.2. The van der Waals surface area contributed by atoms with Crippen molar-refractivity contribution in [1.82, 2.24) is 20.2 Å². The summed E-state index contributed by atoms with van der Waals surface area (Å²) in [6.45, 7) is 2.12. The van der Waals surface area contributed by atoms with E-state index >= 15 is 0 Å². The maximum atomic E-state index is 4.53. The van der Waals surface area contributed by atoms with Crippen molar-refractivity contribution >= 4 is 34.4 Å². The first kappa shape index (κ1) is 12.8. The Labute approximate surface area is 123 Å². The number of hydrogen-bond donors (Lipinski definition) is 1. The first-order valence-electron chi connectivity index (χ1n) is 5.87. The Bertz CT molecular complexity index is 642. The molecule has 0 aliphatic carbocycles. The Morgan fingerprint density at radius 3 is 3.00 bits per heavy atom. The third-order valence-electron chi connectivity index (χ3n) is 2.47. The molecule has 0 bridgehead atoms. The van der Waals surface area contributed by atoms with Crippen LogP contribution in [0.4, 0.5) is 0 Å². The first-order valence-corrected chi connectivity index (χ1v) is 8.62. The van der Waals surface area contributed by atoms with Gasteiger partial charge in [0.15, 0.2) is 5.82 Å². The molecule has 98 valence electrons. The van der Waals surface area contributed by atoms with Gasteiger partial charge in [0.2, 0.25) is 5.16 Å². The van der Waals surface area contributed by atoms with Gasteiger partial charge in [-0.15, -0.1) is 27.8 Å². The zero-order chi connectivity index (χ0) is 13.1. The van der Waals surface area contributed by atoms with E-state index in [-0.39, 0.29) is 0 Å². The molecule has 0 fully saturated rings. The summed E-state index contributed by atoms with van der Waals surface area (Å²) in [5.74, 6) is 1.66. The van der Waals surface area contributed by atoms with Crippen LogP contribution < -0.4 is 0 Å². The number of aromatic nitrogens is 4. The van der Waals surface area contributed by atoms with E-state index in [1.807, 2.05) is 17.5 Å². The van der Waals surface area contributed by atoms with E-state index in [4.69, 9.17) is 0 Å². The highest BCUT2D eigenvalue weighted by Gasteiger charge is 2.08. The monoisotopic (exact) mass is 308 g/mol. The van der Waals surface area contributed by atoms with Gasteiger partial charge in [-0.1, -0.05) is 24.8 Å². The average molecular weight is 308 g/mol. The lowest BCUT2D eigenvalue weighted by Gasteiger charge is -1.92. The van der Waals surface area contributed by atoms with E-state index < -0.39 is 0 Å². The molecule has 0 atom stereocenters. The fourth-order valence-electron chi connectivity index (χ4n) is 1.55. The molecule has 0 aliphatic heterocycles. The van der Waals surface area contributed by atoms with Gasteiger partial charge < -0.3 is 0 Å². The van der Waals surface area contributed by atoms with Gasteiger partial charge in [0.05, 0.1) is 15.6 Å². The average Bonchev–Trinajstić information content (AvgIpc) is 3.16. The molecular weight excluding hydrogens is 296 g/mol. The highest BCUT2D eigenvalue weighted by molar-refractivity contribution is 7.98. The molecule has 3 aromatic rings. The van der Waals surface area contributed by atoms with Gasteiger partial charge >= 0.3 is 0 Å². The predicted molar refractivity (Wildman–Crippen MR) is 80.7 cm³/mol. The fraction of sp³-hybridized carbons (Fsp3) is 0.250. The molecule has 0 spiro atoms. The largest absolute Gasteiger partial charge is 0.257 e. The Kier molecular flexibility index (Phi) is 3.95. The molecule has 4 nitrogen and oxygen atoms in total. The second-order valence-electron chi connectivity index (χ2n) is 3.82. The molecule has 0 aliphatic rings. The molecule has 3 heterocycles. The van der Waals surface area contributed by atoms with Crippen molar-refractivity contribution in [3.8, 4) is 10.7 Å². The molecule has 1 N–H and O–H groups in total. The zero-order valence-electron chi connectivity index (χ0n) is 10.3. The normalized spacial score (nSPS) is 11.0. The molecule has 7 heteroatoms. The number of rotatable bonds is 5. The number of aromatic amines is 1. The van der Waals surface area contributed by atoms with Crippen LogP contribution in [0.1, 0.15) is 17.6 Å². The third-order valence-corrected chi connectivity index (χ3v) is 5.27. The lowest BCUT2D eigenvalue weighted by Crippen LogP contribution is -1.84. The Morgan fingerprint density at radius 1 is 1.32 bits per heavy atom. The number of thiophene rings is 1. The number of nitrogens with one attached hydrogen (secondary N) is 1. The highest BCUT2D eigenvalue weighted by Crippen LogP contribution is 2.25. The summed E-state index contributed by atoms with van der Waals surface area (Å²) < 4.78 is 0. The lowest BCUT2D eigenvalue weighted by atomic mass is 10.4. The topological polar surface area (TPSA) is 54.5 Å². The molecule has 0 amide bonds. The lowest BCUT2D eigenvalue weighted by molar-refractivity contribution is 0.971. The van der Waals surface area contributed by atoms with Gasteiger partial charge in [0.1, 0.15) is 0 Å². The molecule has 0 saturated heterocycles. The summed E-state index contributed by atoms with van der Waals surface area (Å²) in [5, 5.41) is 13.3. The van der Waals surface area contributed by atoms with Crippen LogP contribution in [0, 0.1) is 0 Å². The van der Waals surface area contributed by atoms with Gasteiger partial charge in [-0.25, -0.2) is 9.97 Å². The van der Waals surface area contributed by atoms with E-state index in [0.717, 1.165) is 33.7 Å². The van der Waals surface area contributed by atoms with Crippen molar-refractivity contribution in [2.75, 3.05) is 0 Å². The van der Waals surface area contributed by atoms with Crippen LogP contribution in [-0.2, 0) is 12.2 Å². The minimum atomic E-state index is 0.773. The van der Waals surface area contributed by atoms with Crippen LogP contribution in [0.25, 0.3) is 10.7 Å². The molecule has 0 radical (unpaired) electrons. The predicted octanol–water partition coefficient (Wildman–Crippen LogP) is 3.84. The summed E-state index contributed by atoms with van der Waals surface area (Å²) >= 11 is 4.98. The standard InChI is InChI=1S/C12H12N4S3/c1-2-10-13-8(6-18-10)7-19-12-14-11(15-16-12)9-4-3-5-17-9/h3-6H,2,7H2,1H3,(H,14,15,16). The summed E-state index contributed by atoms with van der Waals surface area (Å²) in [7, 11) is 0. The van der Waals surface area contributed by atoms with E-state index in [2.05, 4.69) is 32.5 Å². The van der Waals surface area contributed by atoms with Gasteiger partial charge in [-0.3, -0.25) is 5.10 Å². The summed E-state index contributed by atoms with van der Waals surface area (Å²) in [6.07, 6.45) is 0.999. The molecule has 3 aromatic heterocycles. The van der Waals surface area contributed by atoms with Gasteiger partial charge in [0, 0.05) is 11.1 Å². The SMILES string of the molecule is CCc1nc(CSc2n[nH]c(-c3cccs3)n2)cs1. The molecule has 0 unspecified atom stereocenters. The maximum Gasteiger partial charge on any atom is 0.209 e. The molecule has 3 rings (SSSR count). The van der Waals surface area contributed by atoms with Crippen molar-refractivity contribution in [2.45, 2.75) is 24.3 Å². The zero-order valence-corrected chi connectivity index (χ0v) is 12.7. The minimum Gasteiger partial charge on any atom is -0.257 e. The van der Waals surface area contributed by atoms with Gasteiger partial charge in [-0.05, 0) is 17.9 Å². The maximum absolute atomic E-state index is 4.53. The van der Waals surface area contributed by atoms with Crippen LogP contribution in [0.15, 0.2) is 28.0 Å². The van der Waals surface area contributed by atoms with Crippen molar-refractivity contribution in [1.29, 1.82) is 0 Å². The van der Waals surface area contributed by atoms with Crippen LogP contribution in [0.5, 0.6) is 0 Å². The van der Waals surface area contributed by atoms with Crippen LogP contribution in [-0.4, -0.2) is 20.2 Å². The van der Waals surface area contributed by atoms with E-state index in [1.54, 1.807) is 34.4 Å². The number of nitrogens with zero attached hydrogens (tertiary/aromatic N) is 3. The Balaban J connectivity index is 1.64. The third kappa shape index (κ3) is 3.05. The number of H-pyrrole nitrogens is 1. The first-order chi connectivity index (χ1) is 9.35. The van der Waals surface area contributed by atoms with E-state index in [9.17, 15) is 0 Å². The van der Waals surface area contributed by atoms with E-state index in [1.165, 1.54) is 5.01 Å². The van der Waals surface area contributed by atoms with Gasteiger partial charge in [0.25, 0.3) is 0 Å². The van der Waals surface area contributed by atoms with Crippen LogP contribution >= 0.6 is 34.4 Å². The molecular formula is C12H12N4S3. The minimum absolute atomic E-state index is 0.773. The Morgan fingerprint density at radius 2 is 2.26 bits per heavy atom. The molecule has 19 heavy (non-hydrogen) atoms. The van der Waals surface area contributed by atoms with Gasteiger partial charge in [-0.2, -0.15) is 0 Å². The Hall–Kier alpha value is -1.18. The van der Waals surface area contributed by atoms with Crippen molar-refractivity contribution in [3.63, 3.8) is 0 Å². The fourth-order valence-corrected chi connectivity index (χ4v) is 3.76. The van der Waals surface area contributed by atoms with Crippen LogP contribution in [0.2, 0.25) is 0 Å². The summed E-state index contributed by atoms with van der Waals surface area (Å²) in [4.78, 5) is 10.1.